The largest absolute Gasteiger partial charge is 0.467 e. The molecule has 1 aliphatic rings. The first kappa shape index (κ1) is 15.1. The number of thioether (sulfide) groups is 1. The van der Waals surface area contributed by atoms with Crippen LogP contribution in [0.25, 0.3) is 17.0 Å². The minimum absolute atomic E-state index is 0.114. The predicted octanol–water partition coefficient (Wildman–Crippen LogP) is 4.23. The highest BCUT2D eigenvalue weighted by Gasteiger charge is 2.32. The second kappa shape index (κ2) is 6.22. The molecule has 3 heterocycles. The van der Waals surface area contributed by atoms with Crippen LogP contribution in [0.1, 0.15) is 11.5 Å². The molecule has 0 atom stereocenters. The van der Waals surface area contributed by atoms with Gasteiger partial charge in [0.25, 0.3) is 5.91 Å². The van der Waals surface area contributed by atoms with Gasteiger partial charge in [-0.25, -0.2) is 4.98 Å². The molecule has 3 aromatic rings. The summed E-state index contributed by atoms with van der Waals surface area (Å²) < 4.78 is 5.83. The van der Waals surface area contributed by atoms with Crippen LogP contribution in [0.15, 0.2) is 64.1 Å². The van der Waals surface area contributed by atoms with E-state index in [2.05, 4.69) is 4.98 Å². The Bertz CT molecular complexity index is 964. The molecule has 24 heavy (non-hydrogen) atoms. The summed E-state index contributed by atoms with van der Waals surface area (Å²) in [5.74, 6) is 0.590. The van der Waals surface area contributed by atoms with Gasteiger partial charge in [-0.15, -0.1) is 0 Å². The summed E-state index contributed by atoms with van der Waals surface area (Å²) in [5, 5.41) is 1.07. The maximum Gasteiger partial charge on any atom is 0.266 e. The van der Waals surface area contributed by atoms with E-state index in [9.17, 15) is 4.79 Å². The number of nitrogens with zero attached hydrogens (tertiary/aromatic N) is 2. The molecule has 0 saturated carbocycles. The van der Waals surface area contributed by atoms with Crippen LogP contribution in [0, 0.1) is 0 Å². The summed E-state index contributed by atoms with van der Waals surface area (Å²) in [6.45, 7) is 0.347. The number of pyridine rings is 1. The van der Waals surface area contributed by atoms with Crippen LogP contribution in [-0.4, -0.2) is 20.1 Å². The summed E-state index contributed by atoms with van der Waals surface area (Å²) >= 11 is 6.62. The van der Waals surface area contributed by atoms with Crippen molar-refractivity contribution in [2.45, 2.75) is 6.54 Å². The first-order valence-corrected chi connectivity index (χ1v) is 8.57. The Labute approximate surface area is 148 Å². The van der Waals surface area contributed by atoms with Gasteiger partial charge in [-0.05, 0) is 30.3 Å². The lowest BCUT2D eigenvalue weighted by atomic mass is 10.2. The van der Waals surface area contributed by atoms with Gasteiger partial charge >= 0.3 is 0 Å². The molecule has 0 N–H and O–H groups in total. The molecule has 4 nitrogen and oxygen atoms in total. The topological polar surface area (TPSA) is 46.3 Å². The van der Waals surface area contributed by atoms with E-state index in [0.29, 0.717) is 21.5 Å². The van der Waals surface area contributed by atoms with Crippen LogP contribution in [0.3, 0.4) is 0 Å². The highest BCUT2D eigenvalue weighted by Crippen LogP contribution is 2.33. The molecular formula is C18H12N2O2S2. The molecule has 0 spiro atoms. The standard InChI is InChI=1S/C18H12N2O2S2/c21-17-16(24-18(23)20(17)11-14-5-3-9-22-14)10-13-8-7-12-4-1-2-6-15(12)19-13/h1-10H,11H2. The number of hydrogen-bond donors (Lipinski definition) is 0. The maximum atomic E-state index is 12.6. The molecule has 0 bridgehead atoms. The number of carbonyl (C=O) groups excluding carboxylic acids is 1. The number of rotatable bonds is 3. The number of aromatic nitrogens is 1. The first-order chi connectivity index (χ1) is 11.7. The molecule has 1 aliphatic heterocycles. The summed E-state index contributed by atoms with van der Waals surface area (Å²) in [4.78, 5) is 19.3. The van der Waals surface area contributed by atoms with Crippen molar-refractivity contribution in [2.75, 3.05) is 0 Å². The van der Waals surface area contributed by atoms with Gasteiger partial charge in [-0.3, -0.25) is 9.69 Å². The van der Waals surface area contributed by atoms with E-state index in [1.165, 1.54) is 11.8 Å². The van der Waals surface area contributed by atoms with E-state index >= 15 is 0 Å². The van der Waals surface area contributed by atoms with Gasteiger partial charge in [0, 0.05) is 5.39 Å². The zero-order chi connectivity index (χ0) is 16.5. The van der Waals surface area contributed by atoms with Gasteiger partial charge in [0.2, 0.25) is 0 Å². The van der Waals surface area contributed by atoms with Crippen molar-refractivity contribution >= 4 is 51.2 Å². The lowest BCUT2D eigenvalue weighted by molar-refractivity contribution is -0.122. The van der Waals surface area contributed by atoms with Gasteiger partial charge in [-0.2, -0.15) is 0 Å². The fourth-order valence-electron chi connectivity index (χ4n) is 2.49. The Hall–Kier alpha value is -2.44. The van der Waals surface area contributed by atoms with Crippen LogP contribution in [0.5, 0.6) is 0 Å². The molecule has 1 fully saturated rings. The summed E-state index contributed by atoms with van der Waals surface area (Å²) in [6, 6.07) is 15.4. The van der Waals surface area contributed by atoms with Crippen molar-refractivity contribution in [1.29, 1.82) is 0 Å². The molecule has 1 saturated heterocycles. The van der Waals surface area contributed by atoms with Gasteiger partial charge < -0.3 is 4.42 Å². The first-order valence-electron chi connectivity index (χ1n) is 7.34. The number of thiocarbonyl (C=S) groups is 1. The molecule has 0 aliphatic carbocycles. The van der Waals surface area contributed by atoms with Crippen molar-refractivity contribution in [3.8, 4) is 0 Å². The number of para-hydroxylation sites is 1. The van der Waals surface area contributed by atoms with E-state index < -0.39 is 0 Å². The normalized spacial score (nSPS) is 16.5. The lowest BCUT2D eigenvalue weighted by Crippen LogP contribution is -2.27. The van der Waals surface area contributed by atoms with E-state index in [1.807, 2.05) is 42.5 Å². The lowest BCUT2D eigenvalue weighted by Gasteiger charge is -2.11. The number of hydrogen-bond acceptors (Lipinski definition) is 5. The van der Waals surface area contributed by atoms with Crippen molar-refractivity contribution in [3.63, 3.8) is 0 Å². The zero-order valence-corrected chi connectivity index (χ0v) is 14.1. The minimum Gasteiger partial charge on any atom is -0.467 e. The fourth-order valence-corrected chi connectivity index (χ4v) is 3.73. The third-order valence-corrected chi connectivity index (χ3v) is 5.04. The molecule has 6 heteroatoms. The summed E-state index contributed by atoms with van der Waals surface area (Å²) in [5.41, 5.74) is 1.64. The quantitative estimate of drug-likeness (QED) is 0.521. The number of benzene rings is 1. The maximum absolute atomic E-state index is 12.6. The van der Waals surface area contributed by atoms with Crippen molar-refractivity contribution in [3.05, 3.63) is 71.2 Å². The van der Waals surface area contributed by atoms with Crippen LogP contribution < -0.4 is 0 Å². The zero-order valence-electron chi connectivity index (χ0n) is 12.5. The molecule has 2 aromatic heterocycles. The second-order valence-corrected chi connectivity index (χ2v) is 6.95. The van der Waals surface area contributed by atoms with Gasteiger partial charge in [-0.1, -0.05) is 48.2 Å². The van der Waals surface area contributed by atoms with E-state index in [-0.39, 0.29) is 5.91 Å². The molecular weight excluding hydrogens is 340 g/mol. The van der Waals surface area contributed by atoms with Crippen LogP contribution >= 0.6 is 24.0 Å². The van der Waals surface area contributed by atoms with Gasteiger partial charge in [0.15, 0.2) is 0 Å². The Kier molecular flexibility index (Phi) is 3.92. The van der Waals surface area contributed by atoms with Gasteiger partial charge in [0.05, 0.1) is 28.9 Å². The van der Waals surface area contributed by atoms with Crippen molar-refractivity contribution in [2.24, 2.45) is 0 Å². The smallest absolute Gasteiger partial charge is 0.266 e. The molecule has 1 amide bonds. The molecule has 1 aromatic carbocycles. The van der Waals surface area contributed by atoms with Crippen LogP contribution in [0.2, 0.25) is 0 Å². The van der Waals surface area contributed by atoms with E-state index in [1.54, 1.807) is 23.3 Å². The van der Waals surface area contributed by atoms with Crippen molar-refractivity contribution < 1.29 is 9.21 Å². The highest BCUT2D eigenvalue weighted by molar-refractivity contribution is 8.26. The highest BCUT2D eigenvalue weighted by atomic mass is 32.2. The fraction of sp³-hybridized carbons (Fsp3) is 0.0556. The Morgan fingerprint density at radius 3 is 2.88 bits per heavy atom. The second-order valence-electron chi connectivity index (χ2n) is 5.28. The number of fused-ring (bicyclic) bond motifs is 1. The predicted molar refractivity (Wildman–Crippen MR) is 99.2 cm³/mol. The van der Waals surface area contributed by atoms with E-state index in [0.717, 1.165) is 16.6 Å². The van der Waals surface area contributed by atoms with Gasteiger partial charge in [0.1, 0.15) is 10.1 Å². The minimum atomic E-state index is -0.114. The average molecular weight is 352 g/mol. The molecule has 4 rings (SSSR count). The van der Waals surface area contributed by atoms with Crippen molar-refractivity contribution in [1.82, 2.24) is 9.88 Å². The van der Waals surface area contributed by atoms with Crippen LogP contribution in [-0.2, 0) is 11.3 Å². The third-order valence-electron chi connectivity index (χ3n) is 3.67. The summed E-state index contributed by atoms with van der Waals surface area (Å²) in [6.07, 6.45) is 3.37. The monoisotopic (exact) mass is 352 g/mol. The number of amides is 1. The Morgan fingerprint density at radius 1 is 1.17 bits per heavy atom. The average Bonchev–Trinajstić information content (AvgIpc) is 3.19. The molecule has 0 unspecified atom stereocenters. The number of furan rings is 1. The number of carbonyl (C=O) groups is 1. The molecule has 0 radical (unpaired) electrons. The Balaban J connectivity index is 1.62. The SMILES string of the molecule is O=C1C(=Cc2ccc3ccccc3n2)SC(=S)N1Cc1ccco1. The van der Waals surface area contributed by atoms with E-state index in [4.69, 9.17) is 16.6 Å². The molecule has 118 valence electrons. The van der Waals surface area contributed by atoms with Crippen LogP contribution in [0.4, 0.5) is 0 Å². The Morgan fingerprint density at radius 2 is 2.04 bits per heavy atom. The third kappa shape index (κ3) is 2.86. The summed E-state index contributed by atoms with van der Waals surface area (Å²) in [7, 11) is 0.